The highest BCUT2D eigenvalue weighted by molar-refractivity contribution is 6.07. The lowest BCUT2D eigenvalue weighted by Gasteiger charge is -2.05. The van der Waals surface area contributed by atoms with Crippen molar-refractivity contribution in [2.45, 2.75) is 6.92 Å². The van der Waals surface area contributed by atoms with Gasteiger partial charge >= 0.3 is 0 Å². The third-order valence-electron chi connectivity index (χ3n) is 4.04. The highest BCUT2D eigenvalue weighted by atomic mass is 16.5. The molecular formula is C20H16N4O4. The quantitative estimate of drug-likeness (QED) is 0.562. The Morgan fingerprint density at radius 1 is 1.04 bits per heavy atom. The first-order valence-corrected chi connectivity index (χ1v) is 8.46. The number of aromatic nitrogens is 3. The van der Waals surface area contributed by atoms with Gasteiger partial charge in [0.1, 0.15) is 5.75 Å². The zero-order valence-electron chi connectivity index (χ0n) is 15.2. The number of benzene rings is 2. The van der Waals surface area contributed by atoms with Crippen LogP contribution in [-0.2, 0) is 0 Å². The van der Waals surface area contributed by atoms with Crippen molar-refractivity contribution in [2.75, 3.05) is 12.4 Å². The Bertz CT molecular complexity index is 1120. The van der Waals surface area contributed by atoms with Gasteiger partial charge in [0, 0.05) is 11.6 Å². The number of hydrogen-bond donors (Lipinski definition) is 1. The number of rotatable bonds is 5. The molecule has 0 bridgehead atoms. The molecule has 1 amide bonds. The first-order valence-electron chi connectivity index (χ1n) is 8.46. The third kappa shape index (κ3) is 3.48. The number of hydrogen-bond acceptors (Lipinski definition) is 7. The highest BCUT2D eigenvalue weighted by Crippen LogP contribution is 2.26. The topological polar surface area (TPSA) is 103 Å². The Balaban J connectivity index is 1.63. The van der Waals surface area contributed by atoms with Gasteiger partial charge in [-0.15, -0.1) is 0 Å². The van der Waals surface area contributed by atoms with Crippen LogP contribution in [-0.4, -0.2) is 28.3 Å². The average molecular weight is 376 g/mol. The molecule has 0 aliphatic carbocycles. The van der Waals surface area contributed by atoms with Gasteiger partial charge < -0.3 is 13.8 Å². The summed E-state index contributed by atoms with van der Waals surface area (Å²) in [6, 6.07) is 15.9. The molecule has 4 rings (SSSR count). The van der Waals surface area contributed by atoms with E-state index >= 15 is 0 Å². The van der Waals surface area contributed by atoms with Gasteiger partial charge in [-0.3, -0.25) is 10.1 Å². The van der Waals surface area contributed by atoms with E-state index in [0.717, 1.165) is 11.3 Å². The van der Waals surface area contributed by atoms with Crippen LogP contribution >= 0.6 is 0 Å². The highest BCUT2D eigenvalue weighted by Gasteiger charge is 2.19. The van der Waals surface area contributed by atoms with Gasteiger partial charge in [0.2, 0.25) is 11.7 Å². The first-order chi connectivity index (χ1) is 13.6. The maximum absolute atomic E-state index is 12.7. The standard InChI is InChI=1S/C20H16N4O4/c1-12-11-17(27-23-12)21-19(25)15-5-3-4-6-16(15)20-22-18(24-28-20)13-7-9-14(26-2)10-8-13/h3-11H,1-2H3,(H,21,25). The number of nitrogens with one attached hydrogen (secondary N) is 1. The maximum atomic E-state index is 12.7. The molecule has 0 radical (unpaired) electrons. The lowest BCUT2D eigenvalue weighted by Crippen LogP contribution is -2.12. The van der Waals surface area contributed by atoms with Crippen molar-refractivity contribution in [3.63, 3.8) is 0 Å². The summed E-state index contributed by atoms with van der Waals surface area (Å²) >= 11 is 0. The van der Waals surface area contributed by atoms with Gasteiger partial charge in [-0.2, -0.15) is 4.98 Å². The Morgan fingerprint density at radius 2 is 1.82 bits per heavy atom. The lowest BCUT2D eigenvalue weighted by atomic mass is 10.1. The van der Waals surface area contributed by atoms with E-state index in [2.05, 4.69) is 20.6 Å². The van der Waals surface area contributed by atoms with Gasteiger partial charge in [0.15, 0.2) is 0 Å². The summed E-state index contributed by atoms with van der Waals surface area (Å²) in [5, 5.41) is 10.4. The molecule has 0 saturated carbocycles. The molecule has 0 aliphatic heterocycles. The number of amides is 1. The molecule has 0 unspecified atom stereocenters. The van der Waals surface area contributed by atoms with Crippen LogP contribution in [0, 0.1) is 6.92 Å². The van der Waals surface area contributed by atoms with E-state index in [9.17, 15) is 4.79 Å². The normalized spacial score (nSPS) is 10.6. The van der Waals surface area contributed by atoms with Crippen LogP contribution in [0.15, 0.2) is 63.6 Å². The zero-order chi connectivity index (χ0) is 19.5. The van der Waals surface area contributed by atoms with E-state index in [1.54, 1.807) is 44.4 Å². The molecule has 8 nitrogen and oxygen atoms in total. The molecule has 4 aromatic rings. The molecular weight excluding hydrogens is 360 g/mol. The summed E-state index contributed by atoms with van der Waals surface area (Å²) in [7, 11) is 1.60. The Hall–Kier alpha value is -3.94. The molecule has 28 heavy (non-hydrogen) atoms. The van der Waals surface area contributed by atoms with Gasteiger partial charge in [-0.05, 0) is 43.3 Å². The van der Waals surface area contributed by atoms with Crippen LogP contribution in [0.1, 0.15) is 16.1 Å². The fourth-order valence-corrected chi connectivity index (χ4v) is 2.66. The molecule has 140 valence electrons. The van der Waals surface area contributed by atoms with Crippen LogP contribution in [0.3, 0.4) is 0 Å². The molecule has 2 aromatic carbocycles. The lowest BCUT2D eigenvalue weighted by molar-refractivity contribution is 0.102. The van der Waals surface area contributed by atoms with Crippen molar-refractivity contribution in [3.05, 3.63) is 65.9 Å². The molecule has 0 spiro atoms. The van der Waals surface area contributed by atoms with Crippen molar-refractivity contribution in [1.29, 1.82) is 0 Å². The molecule has 2 aromatic heterocycles. The van der Waals surface area contributed by atoms with Gasteiger partial charge in [-0.25, -0.2) is 0 Å². The van der Waals surface area contributed by atoms with Crippen LogP contribution in [0.4, 0.5) is 5.88 Å². The summed E-state index contributed by atoms with van der Waals surface area (Å²) in [5.74, 6) is 1.29. The van der Waals surface area contributed by atoms with Gasteiger partial charge in [0.05, 0.1) is 23.9 Å². The monoisotopic (exact) mass is 376 g/mol. The Labute approximate surface area is 160 Å². The van der Waals surface area contributed by atoms with Crippen molar-refractivity contribution in [1.82, 2.24) is 15.3 Å². The van der Waals surface area contributed by atoms with Crippen LogP contribution in [0.5, 0.6) is 5.75 Å². The van der Waals surface area contributed by atoms with E-state index in [4.69, 9.17) is 13.8 Å². The van der Waals surface area contributed by atoms with Crippen molar-refractivity contribution < 1.29 is 18.6 Å². The van der Waals surface area contributed by atoms with E-state index in [1.807, 2.05) is 24.3 Å². The SMILES string of the molecule is COc1ccc(-c2noc(-c3ccccc3C(=O)Nc3cc(C)no3)n2)cc1. The zero-order valence-corrected chi connectivity index (χ0v) is 15.2. The molecule has 0 saturated heterocycles. The second-order valence-corrected chi connectivity index (χ2v) is 5.98. The van der Waals surface area contributed by atoms with E-state index < -0.39 is 0 Å². The molecule has 2 heterocycles. The molecule has 0 aliphatic rings. The maximum Gasteiger partial charge on any atom is 0.259 e. The van der Waals surface area contributed by atoms with Crippen LogP contribution in [0.2, 0.25) is 0 Å². The molecule has 8 heteroatoms. The number of nitrogens with zero attached hydrogens (tertiary/aromatic N) is 3. The Morgan fingerprint density at radius 3 is 2.54 bits per heavy atom. The summed E-state index contributed by atoms with van der Waals surface area (Å²) < 4.78 is 15.6. The summed E-state index contributed by atoms with van der Waals surface area (Å²) in [5.41, 5.74) is 2.34. The molecule has 0 atom stereocenters. The summed E-state index contributed by atoms with van der Waals surface area (Å²) in [6.45, 7) is 1.77. The number of carbonyl (C=O) groups excluding carboxylic acids is 1. The minimum absolute atomic E-state index is 0.241. The number of aryl methyl sites for hydroxylation is 1. The van der Waals surface area contributed by atoms with Crippen molar-refractivity contribution in [3.8, 4) is 28.6 Å². The van der Waals surface area contributed by atoms with E-state index in [1.165, 1.54) is 0 Å². The Kier molecular flexibility index (Phi) is 4.59. The number of methoxy groups -OCH3 is 1. The van der Waals surface area contributed by atoms with Crippen molar-refractivity contribution >= 4 is 11.8 Å². The number of ether oxygens (including phenoxy) is 1. The fourth-order valence-electron chi connectivity index (χ4n) is 2.66. The van der Waals surface area contributed by atoms with Gasteiger partial charge in [0.25, 0.3) is 11.8 Å². The largest absolute Gasteiger partial charge is 0.497 e. The molecule has 0 fully saturated rings. The van der Waals surface area contributed by atoms with Crippen LogP contribution < -0.4 is 10.1 Å². The first kappa shape index (κ1) is 17.5. The second-order valence-electron chi connectivity index (χ2n) is 5.98. The third-order valence-corrected chi connectivity index (χ3v) is 4.04. The predicted octanol–water partition coefficient (Wildman–Crippen LogP) is 3.96. The minimum Gasteiger partial charge on any atom is -0.497 e. The second kappa shape index (κ2) is 7.36. The van der Waals surface area contributed by atoms with Crippen molar-refractivity contribution in [2.24, 2.45) is 0 Å². The van der Waals surface area contributed by atoms with Crippen LogP contribution in [0.25, 0.3) is 22.8 Å². The minimum atomic E-state index is -0.365. The average Bonchev–Trinajstić information content (AvgIpc) is 3.37. The smallest absolute Gasteiger partial charge is 0.259 e. The van der Waals surface area contributed by atoms with Gasteiger partial charge in [-0.1, -0.05) is 22.4 Å². The number of anilines is 1. The fraction of sp³-hybridized carbons (Fsp3) is 0.100. The molecule has 1 N–H and O–H groups in total. The van der Waals surface area contributed by atoms with E-state index in [-0.39, 0.29) is 17.7 Å². The summed E-state index contributed by atoms with van der Waals surface area (Å²) in [4.78, 5) is 17.1. The summed E-state index contributed by atoms with van der Waals surface area (Å²) in [6.07, 6.45) is 0. The predicted molar refractivity (Wildman–Crippen MR) is 101 cm³/mol. The number of carbonyl (C=O) groups is 1. The van der Waals surface area contributed by atoms with E-state index in [0.29, 0.717) is 22.6 Å².